The van der Waals surface area contributed by atoms with Gasteiger partial charge >= 0.3 is 15.6 Å². The number of phosphoric acid groups is 2. The molecule has 12 heavy (non-hydrogen) atoms. The molecule has 10 heteroatoms. The highest BCUT2D eigenvalue weighted by molar-refractivity contribution is 7.60. The van der Waals surface area contributed by atoms with Crippen molar-refractivity contribution in [2.75, 3.05) is 0 Å². The Hall–Kier alpha value is 0.290. The van der Waals surface area contributed by atoms with Crippen LogP contribution in [0.5, 0.6) is 0 Å². The van der Waals surface area contributed by atoms with Gasteiger partial charge in [0.25, 0.3) is 0 Å². The number of rotatable bonds is 2. The molecule has 0 heterocycles. The first-order chi connectivity index (χ1) is 5.12. The second kappa shape index (κ2) is 5.85. The first-order valence-corrected chi connectivity index (χ1v) is 5.65. The summed E-state index contributed by atoms with van der Waals surface area (Å²) in [5.74, 6) is 0. The van der Waals surface area contributed by atoms with Crippen molar-refractivity contribution in [1.29, 1.82) is 0 Å². The quantitative estimate of drug-likeness (QED) is 0.520. The summed E-state index contributed by atoms with van der Waals surface area (Å²) in [6.07, 6.45) is 0. The predicted octanol–water partition coefficient (Wildman–Crippen LogP) is 0.557. The molecule has 0 rings (SSSR count). The molecule has 0 saturated carbocycles. The average Bonchev–Trinajstić information content (AvgIpc) is 1.53. The molecule has 0 aliphatic rings. The molecule has 0 aromatic rings. The fourth-order valence-electron chi connectivity index (χ4n) is 0.139. The topological polar surface area (TPSA) is 124 Å². The summed E-state index contributed by atoms with van der Waals surface area (Å²) in [5.41, 5.74) is 1.22. The molecule has 0 aliphatic heterocycles. The van der Waals surface area contributed by atoms with E-state index in [2.05, 4.69) is 10.9 Å². The van der Waals surface area contributed by atoms with Crippen LogP contribution < -0.4 is 0 Å². The molecule has 0 spiro atoms. The second-order valence-corrected chi connectivity index (χ2v) is 4.14. The van der Waals surface area contributed by atoms with Gasteiger partial charge in [0.1, 0.15) is 0 Å². The van der Waals surface area contributed by atoms with Gasteiger partial charge in [-0.05, 0) is 5.54 Å². The lowest BCUT2D eigenvalue weighted by Crippen LogP contribution is -1.84. The van der Waals surface area contributed by atoms with Crippen LogP contribution in [-0.2, 0) is 13.4 Å². The maximum atomic E-state index is 9.63. The van der Waals surface area contributed by atoms with Crippen molar-refractivity contribution in [2.24, 2.45) is 0 Å². The highest BCUT2D eigenvalue weighted by Crippen LogP contribution is 2.53. The van der Waals surface area contributed by atoms with Gasteiger partial charge in [-0.15, -0.1) is 0 Å². The molecule has 0 unspecified atom stereocenters. The summed E-state index contributed by atoms with van der Waals surface area (Å²) in [5, 5.41) is 0. The van der Waals surface area contributed by atoms with Crippen LogP contribution in [0.15, 0.2) is 12.1 Å². The van der Waals surface area contributed by atoms with E-state index in [4.69, 9.17) is 31.2 Å². The summed E-state index contributed by atoms with van der Waals surface area (Å²) in [7, 11) is -10.1. The van der Waals surface area contributed by atoms with Crippen molar-refractivity contribution in [3.8, 4) is 0 Å². The average molecular weight is 240 g/mol. The molecule has 4 N–H and O–H groups in total. The van der Waals surface area contributed by atoms with Crippen LogP contribution in [0.4, 0.5) is 0 Å². The molecule has 0 aliphatic carbocycles. The van der Waals surface area contributed by atoms with Crippen LogP contribution >= 0.6 is 27.2 Å². The van der Waals surface area contributed by atoms with E-state index < -0.39 is 15.6 Å². The van der Waals surface area contributed by atoms with Crippen LogP contribution in [0.2, 0.25) is 0 Å². The Morgan fingerprint density at radius 1 is 1.17 bits per heavy atom. The van der Waals surface area contributed by atoms with E-state index in [1.54, 1.807) is 0 Å². The molecular formula is C2H7ClO7P2. The van der Waals surface area contributed by atoms with Gasteiger partial charge in [-0.1, -0.05) is 18.2 Å². The number of halogens is 1. The smallest absolute Gasteiger partial charge is 0.302 e. The van der Waals surface area contributed by atoms with Crippen LogP contribution in [0.25, 0.3) is 0 Å². The van der Waals surface area contributed by atoms with Crippen LogP contribution in [0, 0.1) is 0 Å². The summed E-state index contributed by atoms with van der Waals surface area (Å²) in [6, 6.07) is 0. The van der Waals surface area contributed by atoms with Crippen LogP contribution in [-0.4, -0.2) is 19.6 Å². The molecule has 0 amide bonds. The molecule has 0 radical (unpaired) electrons. The van der Waals surface area contributed by atoms with E-state index in [9.17, 15) is 9.13 Å². The SMILES string of the molecule is C=CCl.O=P(O)(O)OP(=O)(O)O. The Morgan fingerprint density at radius 3 is 1.33 bits per heavy atom. The van der Waals surface area contributed by atoms with Gasteiger partial charge in [0, 0.05) is 0 Å². The lowest BCUT2D eigenvalue weighted by Gasteiger charge is -2.03. The van der Waals surface area contributed by atoms with Crippen molar-refractivity contribution in [3.05, 3.63) is 12.1 Å². The summed E-state index contributed by atoms with van der Waals surface area (Å²) in [6.45, 7) is 3.13. The molecule has 0 saturated heterocycles. The second-order valence-electron chi connectivity index (χ2n) is 1.22. The zero-order valence-electron chi connectivity index (χ0n) is 5.57. The normalized spacial score (nSPS) is 11.4. The summed E-state index contributed by atoms with van der Waals surface area (Å²) < 4.78 is 22.2. The van der Waals surface area contributed by atoms with E-state index >= 15 is 0 Å². The molecule has 0 atom stereocenters. The first kappa shape index (κ1) is 14.8. The highest BCUT2D eigenvalue weighted by atomic mass is 35.5. The minimum absolute atomic E-state index is 1.22. The van der Waals surface area contributed by atoms with Gasteiger partial charge in [0.2, 0.25) is 0 Å². The minimum atomic E-state index is -5.05. The Bertz CT molecular complexity index is 193. The fourth-order valence-corrected chi connectivity index (χ4v) is 1.25. The molecule has 74 valence electrons. The fraction of sp³-hybridized carbons (Fsp3) is 0. The lowest BCUT2D eigenvalue weighted by atomic mass is 11.3. The monoisotopic (exact) mass is 240 g/mol. The first-order valence-electron chi connectivity index (χ1n) is 2.16. The van der Waals surface area contributed by atoms with Crippen molar-refractivity contribution in [2.45, 2.75) is 0 Å². The third kappa shape index (κ3) is 22.4. The molecule has 7 nitrogen and oxygen atoms in total. The van der Waals surface area contributed by atoms with Gasteiger partial charge in [-0.25, -0.2) is 9.13 Å². The lowest BCUT2D eigenvalue weighted by molar-refractivity contribution is 0.225. The zero-order chi connectivity index (χ0) is 10.4. The Morgan fingerprint density at radius 2 is 1.33 bits per heavy atom. The van der Waals surface area contributed by atoms with Crippen LogP contribution in [0.3, 0.4) is 0 Å². The van der Waals surface area contributed by atoms with Gasteiger partial charge in [0.05, 0.1) is 0 Å². The molecule has 0 aromatic carbocycles. The van der Waals surface area contributed by atoms with Gasteiger partial charge in [0.15, 0.2) is 0 Å². The van der Waals surface area contributed by atoms with E-state index in [-0.39, 0.29) is 0 Å². The van der Waals surface area contributed by atoms with Gasteiger partial charge in [-0.3, -0.25) is 0 Å². The Labute approximate surface area is 73.1 Å². The maximum absolute atomic E-state index is 9.63. The standard InChI is InChI=1S/C2H3Cl.H4O7P2/c1-2-3;1-8(2,3)7-9(4,5)6/h2H,1H2;(H2,1,2,3)(H2,4,5,6). The Kier molecular flexibility index (Phi) is 7.22. The zero-order valence-corrected chi connectivity index (χ0v) is 8.12. The number of hydrogen-bond donors (Lipinski definition) is 4. The maximum Gasteiger partial charge on any atom is 0.478 e. The van der Waals surface area contributed by atoms with Crippen molar-refractivity contribution < 1.29 is 33.0 Å². The van der Waals surface area contributed by atoms with Gasteiger partial charge < -0.3 is 19.6 Å². The van der Waals surface area contributed by atoms with Crippen molar-refractivity contribution >= 4 is 27.2 Å². The number of hydrogen-bond acceptors (Lipinski definition) is 3. The Balaban J connectivity index is 0. The van der Waals surface area contributed by atoms with E-state index in [0.717, 1.165) is 0 Å². The highest BCUT2D eigenvalue weighted by Gasteiger charge is 2.27. The molecule has 0 fully saturated rings. The van der Waals surface area contributed by atoms with Crippen molar-refractivity contribution in [3.63, 3.8) is 0 Å². The van der Waals surface area contributed by atoms with E-state index in [0.29, 0.717) is 0 Å². The summed E-state index contributed by atoms with van der Waals surface area (Å²) >= 11 is 4.76. The third-order valence-electron chi connectivity index (χ3n) is 0.213. The largest absolute Gasteiger partial charge is 0.478 e. The minimum Gasteiger partial charge on any atom is -0.302 e. The molecule has 0 aromatic heterocycles. The van der Waals surface area contributed by atoms with E-state index in [1.807, 2.05) is 0 Å². The summed E-state index contributed by atoms with van der Waals surface area (Å²) in [4.78, 5) is 31.0. The third-order valence-corrected chi connectivity index (χ3v) is 1.91. The van der Waals surface area contributed by atoms with Crippen LogP contribution in [0.1, 0.15) is 0 Å². The van der Waals surface area contributed by atoms with E-state index in [1.165, 1.54) is 5.54 Å². The predicted molar refractivity (Wildman–Crippen MR) is 41.2 cm³/mol. The molecular weight excluding hydrogens is 233 g/mol. The van der Waals surface area contributed by atoms with Crippen molar-refractivity contribution in [1.82, 2.24) is 0 Å². The van der Waals surface area contributed by atoms with Gasteiger partial charge in [-0.2, -0.15) is 4.31 Å². The molecule has 0 bridgehead atoms.